The van der Waals surface area contributed by atoms with Gasteiger partial charge in [0.05, 0.1) is 12.1 Å². The van der Waals surface area contributed by atoms with E-state index in [1.807, 2.05) is 0 Å². The van der Waals surface area contributed by atoms with Gasteiger partial charge >= 0.3 is 12.1 Å². The zero-order valence-electron chi connectivity index (χ0n) is 24.3. The number of alkyl halides is 2. The van der Waals surface area contributed by atoms with E-state index < -0.39 is 61.2 Å². The lowest BCUT2D eigenvalue weighted by Crippen LogP contribution is -2.56. The zero-order chi connectivity index (χ0) is 31.9. The Bertz CT molecular complexity index is 1390. The van der Waals surface area contributed by atoms with Crippen molar-refractivity contribution in [2.45, 2.75) is 44.6 Å². The maximum absolute atomic E-state index is 13.5. The minimum atomic E-state index is -2.80. The number of rotatable bonds is 10. The van der Waals surface area contributed by atoms with Crippen LogP contribution in [0, 0.1) is 0 Å². The van der Waals surface area contributed by atoms with Gasteiger partial charge in [0.2, 0.25) is 5.91 Å². The average Bonchev–Trinajstić information content (AvgIpc) is 3.01. The van der Waals surface area contributed by atoms with Crippen LogP contribution in [0.25, 0.3) is 10.9 Å². The number of hydrogen-bond donors (Lipinski definition) is 2. The molecule has 1 unspecified atom stereocenters. The number of aliphatic carboxylic acids is 1. The lowest BCUT2D eigenvalue weighted by atomic mass is 10.1. The number of amides is 4. The number of nitrogens with zero attached hydrogens (tertiary/aromatic N) is 4. The molecule has 2 aliphatic heterocycles. The minimum Gasteiger partial charge on any atom is -0.483 e. The van der Waals surface area contributed by atoms with Gasteiger partial charge in [0.25, 0.3) is 17.7 Å². The molecule has 0 aliphatic carbocycles. The number of piperazine rings is 1. The molecule has 0 saturated carbocycles. The van der Waals surface area contributed by atoms with Gasteiger partial charge in [-0.1, -0.05) is 12.1 Å². The highest BCUT2D eigenvalue weighted by Gasteiger charge is 2.36. The summed E-state index contributed by atoms with van der Waals surface area (Å²) in [6.07, 6.45) is -1.91. The van der Waals surface area contributed by atoms with E-state index in [1.165, 1.54) is 20.8 Å². The van der Waals surface area contributed by atoms with E-state index in [9.17, 15) is 37.9 Å². The molecule has 0 spiro atoms. The third kappa shape index (κ3) is 8.29. The molecule has 2 N–H and O–H groups in total. The molecular weight excluding hydrogens is 584 g/mol. The molecule has 0 radical (unpaired) electrons. The lowest BCUT2D eigenvalue weighted by molar-refractivity contribution is -0.140. The van der Waals surface area contributed by atoms with E-state index >= 15 is 0 Å². The van der Waals surface area contributed by atoms with Crippen molar-refractivity contribution in [2.75, 3.05) is 52.5 Å². The fourth-order valence-corrected chi connectivity index (χ4v) is 5.00. The number of pyridine rings is 1. The number of hydrogen-bond acceptors (Lipinski definition) is 8. The molecule has 2 aliphatic rings. The average molecular weight is 620 g/mol. The van der Waals surface area contributed by atoms with E-state index in [0.29, 0.717) is 10.9 Å². The largest absolute Gasteiger partial charge is 0.483 e. The van der Waals surface area contributed by atoms with Crippen LogP contribution in [0.4, 0.5) is 13.6 Å². The minimum absolute atomic E-state index is 0.0937. The van der Waals surface area contributed by atoms with Crippen molar-refractivity contribution >= 4 is 40.7 Å². The number of ether oxygens (including phenoxy) is 2. The number of carboxylic acids is 1. The maximum Gasteiger partial charge on any atom is 0.409 e. The van der Waals surface area contributed by atoms with Crippen molar-refractivity contribution in [1.29, 1.82) is 0 Å². The number of carbonyl (C=O) groups is 5. The summed E-state index contributed by atoms with van der Waals surface area (Å²) >= 11 is 0. The van der Waals surface area contributed by atoms with Crippen LogP contribution in [0.5, 0.6) is 5.75 Å². The number of nitrogens with one attached hydrogen (secondary N) is 1. The second kappa shape index (κ2) is 14.3. The van der Waals surface area contributed by atoms with E-state index in [1.54, 1.807) is 31.2 Å². The first-order valence-electron chi connectivity index (χ1n) is 14.4. The van der Waals surface area contributed by atoms with Gasteiger partial charge in [-0.2, -0.15) is 0 Å². The molecule has 238 valence electrons. The second-order valence-corrected chi connectivity index (χ2v) is 10.5. The van der Waals surface area contributed by atoms with Crippen LogP contribution in [0.15, 0.2) is 30.3 Å². The van der Waals surface area contributed by atoms with Crippen LogP contribution >= 0.6 is 0 Å². The number of carboxylic acid groups (broad SMARTS) is 1. The second-order valence-electron chi connectivity index (χ2n) is 10.5. The highest BCUT2D eigenvalue weighted by molar-refractivity contribution is 5.99. The van der Waals surface area contributed by atoms with Gasteiger partial charge in [0.15, 0.2) is 6.61 Å². The summed E-state index contributed by atoms with van der Waals surface area (Å²) in [6, 6.07) is 6.84. The number of piperidine rings is 1. The van der Waals surface area contributed by atoms with Crippen LogP contribution in [0.1, 0.15) is 43.1 Å². The topological polar surface area (TPSA) is 159 Å². The summed E-state index contributed by atoms with van der Waals surface area (Å²) in [4.78, 5) is 71.3. The molecule has 2 aromatic rings. The first-order chi connectivity index (χ1) is 21.0. The summed E-state index contributed by atoms with van der Waals surface area (Å²) in [5, 5.41) is 12.3. The van der Waals surface area contributed by atoms with Gasteiger partial charge in [-0.3, -0.25) is 19.2 Å². The Labute approximate surface area is 252 Å². The fraction of sp³-hybridized carbons (Fsp3) is 0.517. The smallest absolute Gasteiger partial charge is 0.409 e. The monoisotopic (exact) mass is 619 g/mol. The Morgan fingerprint density at radius 1 is 1.00 bits per heavy atom. The Kier molecular flexibility index (Phi) is 10.5. The molecule has 0 bridgehead atoms. The van der Waals surface area contributed by atoms with Crippen molar-refractivity contribution in [3.63, 3.8) is 0 Å². The predicted octanol–water partition coefficient (Wildman–Crippen LogP) is 2.14. The van der Waals surface area contributed by atoms with Crippen LogP contribution < -0.4 is 10.1 Å². The van der Waals surface area contributed by atoms with Gasteiger partial charge < -0.3 is 34.6 Å². The normalized spacial score (nSPS) is 17.1. The lowest BCUT2D eigenvalue weighted by Gasteiger charge is -2.35. The van der Waals surface area contributed by atoms with Gasteiger partial charge in [-0.05, 0) is 25.5 Å². The molecule has 15 heteroatoms. The molecule has 2 saturated heterocycles. The summed E-state index contributed by atoms with van der Waals surface area (Å²) in [6.45, 7) is 2.05. The van der Waals surface area contributed by atoms with Crippen LogP contribution in [-0.2, 0) is 19.1 Å². The molecule has 4 amide bonds. The summed E-state index contributed by atoms with van der Waals surface area (Å²) in [7, 11) is 0. The van der Waals surface area contributed by atoms with Crippen molar-refractivity contribution in [3.8, 4) is 5.75 Å². The fourth-order valence-electron chi connectivity index (χ4n) is 5.00. The number of benzene rings is 1. The van der Waals surface area contributed by atoms with Crippen LogP contribution in [0.3, 0.4) is 0 Å². The summed E-state index contributed by atoms with van der Waals surface area (Å²) in [5.74, 6) is -5.54. The summed E-state index contributed by atoms with van der Waals surface area (Å²) in [5.41, 5.74) is 0.229. The Balaban J connectivity index is 1.47. The summed E-state index contributed by atoms with van der Waals surface area (Å²) < 4.78 is 37.8. The molecule has 44 heavy (non-hydrogen) atoms. The van der Waals surface area contributed by atoms with E-state index in [2.05, 4.69) is 10.3 Å². The first-order valence-corrected chi connectivity index (χ1v) is 14.4. The Morgan fingerprint density at radius 2 is 1.66 bits per heavy atom. The molecule has 3 heterocycles. The number of likely N-dealkylation sites (tertiary alicyclic amines) is 1. The SMILES string of the molecule is CCOC(=O)N1CCN(C(=O)C(CCC(=O)O)NC(=O)c2cc(OCC(=O)N3CCC(F)(F)CC3)c3ccccc3n2)CC1. The van der Waals surface area contributed by atoms with E-state index in [0.717, 1.165) is 0 Å². The third-order valence-electron chi connectivity index (χ3n) is 7.48. The van der Waals surface area contributed by atoms with E-state index in [4.69, 9.17) is 9.47 Å². The van der Waals surface area contributed by atoms with Crippen LogP contribution in [0.2, 0.25) is 0 Å². The molecule has 1 aromatic carbocycles. The highest BCUT2D eigenvalue weighted by atomic mass is 19.3. The first kappa shape index (κ1) is 32.4. The van der Waals surface area contributed by atoms with Gasteiger partial charge in [-0.25, -0.2) is 18.6 Å². The number of para-hydroxylation sites is 1. The molecule has 13 nitrogen and oxygen atoms in total. The van der Waals surface area contributed by atoms with E-state index in [-0.39, 0.29) is 70.2 Å². The predicted molar refractivity (Wildman–Crippen MR) is 151 cm³/mol. The Hall–Kier alpha value is -4.56. The third-order valence-corrected chi connectivity index (χ3v) is 7.48. The van der Waals surface area contributed by atoms with Crippen LogP contribution in [-0.4, -0.2) is 119 Å². The van der Waals surface area contributed by atoms with Crippen molar-refractivity contribution in [2.24, 2.45) is 0 Å². The van der Waals surface area contributed by atoms with Crippen molar-refractivity contribution < 1.29 is 47.3 Å². The van der Waals surface area contributed by atoms with Crippen molar-refractivity contribution in [1.82, 2.24) is 25.0 Å². The molecule has 2 fully saturated rings. The van der Waals surface area contributed by atoms with Gasteiger partial charge in [0, 0.05) is 70.0 Å². The quantitative estimate of drug-likeness (QED) is 0.406. The molecule has 1 aromatic heterocycles. The molecule has 4 rings (SSSR count). The maximum atomic E-state index is 13.5. The molecular formula is C29H35F2N5O8. The number of halogens is 2. The number of carbonyl (C=O) groups excluding carboxylic acids is 4. The highest BCUT2D eigenvalue weighted by Crippen LogP contribution is 2.29. The Morgan fingerprint density at radius 3 is 2.32 bits per heavy atom. The number of aromatic nitrogens is 1. The van der Waals surface area contributed by atoms with Gasteiger partial charge in [-0.15, -0.1) is 0 Å². The zero-order valence-corrected chi connectivity index (χ0v) is 24.3. The number of fused-ring (bicyclic) bond motifs is 1. The molecule has 1 atom stereocenters. The standard InChI is InChI=1S/C29H35F2N5O8/c1-2-43-28(42)36-15-13-35(14-16-36)27(41)21(7-8-25(38)39)33-26(40)22-17-23(19-5-3-4-6-20(19)32-22)44-18-24(37)34-11-9-29(30,31)10-12-34/h3-6,17,21H,2,7-16,18H2,1H3,(H,33,40)(H,38,39). The van der Waals surface area contributed by atoms with Crippen molar-refractivity contribution in [3.05, 3.63) is 36.0 Å². The van der Waals surface area contributed by atoms with Gasteiger partial charge in [0.1, 0.15) is 17.5 Å².